The van der Waals surface area contributed by atoms with Gasteiger partial charge in [-0.1, -0.05) is 187 Å². The molecule has 0 saturated carbocycles. The fourth-order valence-electron chi connectivity index (χ4n) is 6.26. The fraction of sp³-hybridized carbons (Fsp3) is 0.927. The van der Waals surface area contributed by atoms with Crippen LogP contribution in [0.25, 0.3) is 0 Å². The predicted molar refractivity (Wildman–Crippen MR) is 213 cm³/mol. The number of carboxylic acids is 1. The fourth-order valence-corrected chi connectivity index (χ4v) is 7.03. The highest BCUT2D eigenvalue weighted by atomic mass is 31.2. The van der Waals surface area contributed by atoms with Crippen molar-refractivity contribution in [1.29, 1.82) is 0 Å². The van der Waals surface area contributed by atoms with Gasteiger partial charge in [0.05, 0.1) is 13.2 Å². The first-order chi connectivity index (χ1) is 25.6. The Morgan fingerprint density at radius 3 is 1.25 bits per heavy atom. The van der Waals surface area contributed by atoms with Crippen LogP contribution in [0.1, 0.15) is 213 Å². The van der Waals surface area contributed by atoms with Crippen LogP contribution in [0.2, 0.25) is 0 Å². The molecule has 0 rings (SSSR count). The van der Waals surface area contributed by atoms with Crippen molar-refractivity contribution in [2.24, 2.45) is 0 Å². The number of rotatable bonds is 41. The van der Waals surface area contributed by atoms with Crippen molar-refractivity contribution in [3.8, 4) is 0 Å². The quantitative estimate of drug-likeness (QED) is 0.0266. The van der Waals surface area contributed by atoms with Crippen molar-refractivity contribution in [1.82, 2.24) is 5.32 Å². The number of carbonyl (C=O) groups excluding carboxylic acids is 2. The highest BCUT2D eigenvalue weighted by molar-refractivity contribution is 7.47. The van der Waals surface area contributed by atoms with Crippen LogP contribution < -0.4 is 5.32 Å². The molecule has 0 fully saturated rings. The van der Waals surface area contributed by atoms with Crippen LogP contribution in [0.5, 0.6) is 0 Å². The van der Waals surface area contributed by atoms with Crippen LogP contribution in [-0.4, -0.2) is 64.9 Å². The van der Waals surface area contributed by atoms with Crippen LogP contribution in [0.3, 0.4) is 0 Å². The van der Waals surface area contributed by atoms with Gasteiger partial charge in [-0.15, -0.1) is 0 Å². The number of ether oxygens (including phenoxy) is 1. The molecule has 1 amide bonds. The SMILES string of the molecule is CCCCCCCCCCCCCCCCCCCCCC(=O)NC(COP(=O)(O)OCC(O)COC(=O)CCCCCCCCCCCC)C(=O)O. The number of carboxylic acid groups (broad SMARTS) is 1. The van der Waals surface area contributed by atoms with Gasteiger partial charge in [-0.25, -0.2) is 9.36 Å². The van der Waals surface area contributed by atoms with E-state index in [1.54, 1.807) is 0 Å². The predicted octanol–water partition coefficient (Wildman–Crippen LogP) is 10.7. The lowest BCUT2D eigenvalue weighted by Crippen LogP contribution is -2.43. The molecule has 53 heavy (non-hydrogen) atoms. The second kappa shape index (κ2) is 37.4. The lowest BCUT2D eigenvalue weighted by atomic mass is 10.0. The Morgan fingerprint density at radius 2 is 0.868 bits per heavy atom. The number of amides is 1. The lowest BCUT2D eigenvalue weighted by Gasteiger charge is -2.18. The van der Waals surface area contributed by atoms with E-state index in [-0.39, 0.29) is 12.8 Å². The maximum atomic E-state index is 12.3. The molecule has 314 valence electrons. The Bertz CT molecular complexity index is 921. The summed E-state index contributed by atoms with van der Waals surface area (Å²) in [6, 6.07) is -1.54. The summed E-state index contributed by atoms with van der Waals surface area (Å²) in [5, 5.41) is 21.8. The summed E-state index contributed by atoms with van der Waals surface area (Å²) in [5.41, 5.74) is 0. The molecule has 4 N–H and O–H groups in total. The number of aliphatic hydroxyl groups is 1. The minimum Gasteiger partial charge on any atom is -0.480 e. The molecule has 12 heteroatoms. The Kier molecular flexibility index (Phi) is 36.3. The van der Waals surface area contributed by atoms with E-state index in [2.05, 4.69) is 19.2 Å². The maximum Gasteiger partial charge on any atom is 0.472 e. The minimum absolute atomic E-state index is 0.153. The van der Waals surface area contributed by atoms with E-state index in [1.807, 2.05) is 0 Å². The number of hydrogen-bond donors (Lipinski definition) is 4. The molecule has 0 radical (unpaired) electrons. The normalized spacial score (nSPS) is 13.7. The first-order valence-corrected chi connectivity index (χ1v) is 23.1. The molecule has 0 aromatic rings. The topological polar surface area (TPSA) is 169 Å². The minimum atomic E-state index is -4.74. The van der Waals surface area contributed by atoms with Gasteiger partial charge in [-0.2, -0.15) is 0 Å². The molecule has 0 heterocycles. The van der Waals surface area contributed by atoms with E-state index in [1.165, 1.54) is 135 Å². The number of esters is 1. The first-order valence-electron chi connectivity index (χ1n) is 21.6. The Labute approximate surface area is 323 Å². The summed E-state index contributed by atoms with van der Waals surface area (Å²) in [4.78, 5) is 45.8. The number of nitrogens with one attached hydrogen (secondary N) is 1. The number of phosphoric ester groups is 1. The third-order valence-electron chi connectivity index (χ3n) is 9.65. The summed E-state index contributed by atoms with van der Waals surface area (Å²) in [6.45, 7) is 2.60. The number of carbonyl (C=O) groups is 3. The van der Waals surface area contributed by atoms with Gasteiger partial charge in [0, 0.05) is 12.8 Å². The van der Waals surface area contributed by atoms with Crippen molar-refractivity contribution in [2.45, 2.75) is 225 Å². The first kappa shape index (κ1) is 51.5. The largest absolute Gasteiger partial charge is 0.480 e. The lowest BCUT2D eigenvalue weighted by molar-refractivity contribution is -0.147. The van der Waals surface area contributed by atoms with E-state index < -0.39 is 57.6 Å². The summed E-state index contributed by atoms with van der Waals surface area (Å²) < 4.78 is 26.8. The number of phosphoric acid groups is 1. The van der Waals surface area contributed by atoms with E-state index in [0.717, 1.165) is 38.5 Å². The van der Waals surface area contributed by atoms with Gasteiger partial charge < -0.3 is 25.2 Å². The summed E-state index contributed by atoms with van der Waals surface area (Å²) >= 11 is 0. The van der Waals surface area contributed by atoms with E-state index in [4.69, 9.17) is 13.8 Å². The van der Waals surface area contributed by atoms with Crippen molar-refractivity contribution in [3.63, 3.8) is 0 Å². The molecule has 11 nitrogen and oxygen atoms in total. The summed E-state index contributed by atoms with van der Waals surface area (Å²) in [7, 11) is -4.74. The molecule has 0 aromatic heterocycles. The third kappa shape index (κ3) is 37.2. The summed E-state index contributed by atoms with van der Waals surface area (Å²) in [6.07, 6.45) is 34.2. The standard InChI is InChI=1S/C41H80NO10P/c1-3-5-7-9-11-13-15-16-17-18-19-20-21-22-23-24-26-28-30-32-39(44)42-38(41(46)47)36-52-53(48,49)51-35-37(43)34-50-40(45)33-31-29-27-25-14-12-10-8-6-4-2/h37-38,43H,3-36H2,1-2H3,(H,42,44)(H,46,47)(H,48,49). The van der Waals surface area contributed by atoms with E-state index in [0.29, 0.717) is 12.8 Å². The van der Waals surface area contributed by atoms with Crippen LogP contribution in [0, 0.1) is 0 Å². The molecule has 0 aliphatic carbocycles. The van der Waals surface area contributed by atoms with Gasteiger partial charge in [0.2, 0.25) is 5.91 Å². The Morgan fingerprint density at radius 1 is 0.528 bits per heavy atom. The monoisotopic (exact) mass is 778 g/mol. The average molecular weight is 778 g/mol. The molecule has 3 unspecified atom stereocenters. The van der Waals surface area contributed by atoms with Gasteiger partial charge in [0.15, 0.2) is 6.04 Å². The molecule has 0 saturated heterocycles. The molecule has 3 atom stereocenters. The Balaban J connectivity index is 3.86. The van der Waals surface area contributed by atoms with E-state index >= 15 is 0 Å². The second-order valence-electron chi connectivity index (χ2n) is 14.9. The van der Waals surface area contributed by atoms with Gasteiger partial charge in [0.25, 0.3) is 0 Å². The molecule has 0 aliphatic heterocycles. The van der Waals surface area contributed by atoms with E-state index in [9.17, 15) is 34.1 Å². The molecular weight excluding hydrogens is 697 g/mol. The zero-order valence-electron chi connectivity index (χ0n) is 33.8. The molecule has 0 bridgehead atoms. The van der Waals surface area contributed by atoms with Crippen LogP contribution in [0.15, 0.2) is 0 Å². The van der Waals surface area contributed by atoms with Gasteiger partial charge in [0.1, 0.15) is 12.7 Å². The van der Waals surface area contributed by atoms with Crippen molar-refractivity contribution < 1.29 is 47.8 Å². The highest BCUT2D eigenvalue weighted by Gasteiger charge is 2.28. The van der Waals surface area contributed by atoms with Crippen LogP contribution in [-0.2, 0) is 32.7 Å². The van der Waals surface area contributed by atoms with Crippen LogP contribution >= 0.6 is 7.82 Å². The highest BCUT2D eigenvalue weighted by Crippen LogP contribution is 2.43. The third-order valence-corrected chi connectivity index (χ3v) is 10.6. The van der Waals surface area contributed by atoms with Gasteiger partial charge in [-0.05, 0) is 12.8 Å². The second-order valence-corrected chi connectivity index (χ2v) is 16.4. The van der Waals surface area contributed by atoms with Gasteiger partial charge in [-0.3, -0.25) is 18.6 Å². The number of unbranched alkanes of at least 4 members (excludes halogenated alkanes) is 27. The van der Waals surface area contributed by atoms with Gasteiger partial charge >= 0.3 is 19.8 Å². The van der Waals surface area contributed by atoms with Crippen molar-refractivity contribution in [2.75, 3.05) is 19.8 Å². The van der Waals surface area contributed by atoms with Crippen molar-refractivity contribution >= 4 is 25.7 Å². The smallest absolute Gasteiger partial charge is 0.472 e. The number of aliphatic hydroxyl groups excluding tert-OH is 1. The maximum absolute atomic E-state index is 12.3. The Hall–Kier alpha value is -1.52. The number of hydrogen-bond acceptors (Lipinski definition) is 8. The molecule has 0 spiro atoms. The zero-order valence-corrected chi connectivity index (χ0v) is 34.7. The van der Waals surface area contributed by atoms with Crippen LogP contribution in [0.4, 0.5) is 0 Å². The molecular formula is C41H80NO10P. The zero-order chi connectivity index (χ0) is 39.3. The van der Waals surface area contributed by atoms with Crippen molar-refractivity contribution in [3.05, 3.63) is 0 Å². The molecule has 0 aromatic carbocycles. The summed E-state index contributed by atoms with van der Waals surface area (Å²) in [5.74, 6) is -2.36. The average Bonchev–Trinajstić information content (AvgIpc) is 3.13. The number of aliphatic carboxylic acids is 1. The molecule has 0 aliphatic rings.